The van der Waals surface area contributed by atoms with Crippen molar-refractivity contribution in [2.45, 2.75) is 33.4 Å². The number of pyridine rings is 1. The summed E-state index contributed by atoms with van der Waals surface area (Å²) in [6.45, 7) is 7.49. The number of rotatable bonds is 6. The van der Waals surface area contributed by atoms with Gasteiger partial charge in [-0.2, -0.15) is 0 Å². The molecular weight excluding hydrogens is 204 g/mol. The molecular formula is C12H20N2O2. The quantitative estimate of drug-likeness (QED) is 0.746. The second-order valence-electron chi connectivity index (χ2n) is 3.91. The number of aromatic nitrogens is 1. The fourth-order valence-corrected chi connectivity index (χ4v) is 1.29. The van der Waals surface area contributed by atoms with E-state index in [4.69, 9.17) is 15.2 Å². The Morgan fingerprint density at radius 1 is 1.38 bits per heavy atom. The minimum absolute atomic E-state index is 0.233. The van der Waals surface area contributed by atoms with Gasteiger partial charge in [0.15, 0.2) is 0 Å². The molecule has 0 aliphatic carbocycles. The summed E-state index contributed by atoms with van der Waals surface area (Å²) < 4.78 is 11.0. The van der Waals surface area contributed by atoms with Gasteiger partial charge >= 0.3 is 0 Å². The summed E-state index contributed by atoms with van der Waals surface area (Å²) >= 11 is 0. The summed E-state index contributed by atoms with van der Waals surface area (Å²) in [5.41, 5.74) is 7.46. The fourth-order valence-electron chi connectivity index (χ4n) is 1.29. The van der Waals surface area contributed by atoms with Gasteiger partial charge in [-0.3, -0.25) is 4.98 Å². The maximum absolute atomic E-state index is 5.61. The highest BCUT2D eigenvalue weighted by atomic mass is 16.5. The number of nitrogens with two attached hydrogens (primary N) is 1. The molecule has 0 aliphatic rings. The van der Waals surface area contributed by atoms with Gasteiger partial charge in [-0.25, -0.2) is 0 Å². The van der Waals surface area contributed by atoms with Crippen LogP contribution in [0, 0.1) is 6.92 Å². The Hall–Kier alpha value is -1.13. The van der Waals surface area contributed by atoms with Crippen LogP contribution < -0.4 is 10.5 Å². The van der Waals surface area contributed by atoms with Gasteiger partial charge in [-0.1, -0.05) is 0 Å². The molecule has 4 nitrogen and oxygen atoms in total. The summed E-state index contributed by atoms with van der Waals surface area (Å²) in [6, 6.07) is 1.90. The third-order valence-corrected chi connectivity index (χ3v) is 2.09. The summed E-state index contributed by atoms with van der Waals surface area (Å²) in [4.78, 5) is 4.18. The normalized spacial score (nSPS) is 10.8. The first kappa shape index (κ1) is 12.9. The largest absolute Gasteiger partial charge is 0.491 e. The molecule has 0 fully saturated rings. The lowest BCUT2D eigenvalue weighted by Crippen LogP contribution is -2.12. The molecule has 0 unspecified atom stereocenters. The van der Waals surface area contributed by atoms with E-state index in [9.17, 15) is 0 Å². The third-order valence-electron chi connectivity index (χ3n) is 2.09. The van der Waals surface area contributed by atoms with Crippen LogP contribution in [-0.2, 0) is 11.3 Å². The van der Waals surface area contributed by atoms with Crippen molar-refractivity contribution in [3.8, 4) is 5.75 Å². The van der Waals surface area contributed by atoms with Crippen molar-refractivity contribution in [3.63, 3.8) is 0 Å². The zero-order chi connectivity index (χ0) is 12.0. The van der Waals surface area contributed by atoms with E-state index in [0.717, 1.165) is 17.0 Å². The van der Waals surface area contributed by atoms with E-state index in [1.807, 2.05) is 26.8 Å². The molecule has 0 saturated heterocycles. The summed E-state index contributed by atoms with van der Waals surface area (Å²) in [5, 5.41) is 0. The van der Waals surface area contributed by atoms with Gasteiger partial charge in [0.25, 0.3) is 0 Å². The molecule has 0 aliphatic heterocycles. The molecule has 0 spiro atoms. The van der Waals surface area contributed by atoms with Crippen molar-refractivity contribution >= 4 is 0 Å². The maximum Gasteiger partial charge on any atom is 0.127 e. The second kappa shape index (κ2) is 6.45. The zero-order valence-corrected chi connectivity index (χ0v) is 10.2. The molecule has 4 heteroatoms. The molecule has 2 N–H and O–H groups in total. The van der Waals surface area contributed by atoms with E-state index < -0.39 is 0 Å². The second-order valence-corrected chi connectivity index (χ2v) is 3.91. The Labute approximate surface area is 96.8 Å². The molecule has 16 heavy (non-hydrogen) atoms. The SMILES string of the molecule is Cc1cc(OCCOC(C)C)c(CN)cn1. The summed E-state index contributed by atoms with van der Waals surface area (Å²) in [7, 11) is 0. The smallest absolute Gasteiger partial charge is 0.127 e. The highest BCUT2D eigenvalue weighted by Gasteiger charge is 2.03. The Morgan fingerprint density at radius 2 is 2.12 bits per heavy atom. The highest BCUT2D eigenvalue weighted by Crippen LogP contribution is 2.17. The van der Waals surface area contributed by atoms with Crippen LogP contribution in [0.15, 0.2) is 12.3 Å². The molecule has 0 bridgehead atoms. The van der Waals surface area contributed by atoms with E-state index in [-0.39, 0.29) is 6.10 Å². The van der Waals surface area contributed by atoms with Crippen molar-refractivity contribution < 1.29 is 9.47 Å². The standard InChI is InChI=1S/C12H20N2O2/c1-9(2)15-4-5-16-12-6-10(3)14-8-11(12)7-13/h6,8-9H,4-5,7,13H2,1-3H3. The topological polar surface area (TPSA) is 57.4 Å². The van der Waals surface area contributed by atoms with Crippen molar-refractivity contribution in [2.24, 2.45) is 5.73 Å². The van der Waals surface area contributed by atoms with Crippen LogP contribution in [0.1, 0.15) is 25.1 Å². The van der Waals surface area contributed by atoms with Crippen LogP contribution >= 0.6 is 0 Å². The number of ether oxygens (including phenoxy) is 2. The van der Waals surface area contributed by atoms with Crippen LogP contribution in [0.3, 0.4) is 0 Å². The molecule has 1 aromatic heterocycles. The van der Waals surface area contributed by atoms with Crippen LogP contribution in [0.25, 0.3) is 0 Å². The van der Waals surface area contributed by atoms with Crippen LogP contribution in [0.5, 0.6) is 5.75 Å². The van der Waals surface area contributed by atoms with Gasteiger partial charge in [0.2, 0.25) is 0 Å². The van der Waals surface area contributed by atoms with Gasteiger partial charge in [-0.15, -0.1) is 0 Å². The van der Waals surface area contributed by atoms with Gasteiger partial charge in [0.05, 0.1) is 12.7 Å². The first-order valence-electron chi connectivity index (χ1n) is 5.53. The zero-order valence-electron chi connectivity index (χ0n) is 10.2. The molecule has 0 amide bonds. The molecule has 1 rings (SSSR count). The molecule has 1 aromatic rings. The Bertz CT molecular complexity index is 327. The molecule has 0 atom stereocenters. The van der Waals surface area contributed by atoms with E-state index in [2.05, 4.69) is 4.98 Å². The Balaban J connectivity index is 2.48. The minimum atomic E-state index is 0.233. The Kier molecular flexibility index (Phi) is 5.22. The van der Waals surface area contributed by atoms with E-state index in [0.29, 0.717) is 19.8 Å². The number of nitrogens with zero attached hydrogens (tertiary/aromatic N) is 1. The van der Waals surface area contributed by atoms with Crippen molar-refractivity contribution in [2.75, 3.05) is 13.2 Å². The molecule has 0 aromatic carbocycles. The number of hydrogen-bond acceptors (Lipinski definition) is 4. The van der Waals surface area contributed by atoms with Gasteiger partial charge < -0.3 is 15.2 Å². The Morgan fingerprint density at radius 3 is 2.75 bits per heavy atom. The highest BCUT2D eigenvalue weighted by molar-refractivity contribution is 5.32. The van der Waals surface area contributed by atoms with Crippen LogP contribution in [-0.4, -0.2) is 24.3 Å². The summed E-state index contributed by atoms with van der Waals surface area (Å²) in [6.07, 6.45) is 1.99. The van der Waals surface area contributed by atoms with E-state index in [1.165, 1.54) is 0 Å². The number of hydrogen-bond donors (Lipinski definition) is 1. The van der Waals surface area contributed by atoms with Crippen LogP contribution in [0.2, 0.25) is 0 Å². The molecule has 90 valence electrons. The maximum atomic E-state index is 5.61. The fraction of sp³-hybridized carbons (Fsp3) is 0.583. The first-order valence-corrected chi connectivity index (χ1v) is 5.53. The average molecular weight is 224 g/mol. The van der Waals surface area contributed by atoms with Crippen molar-refractivity contribution in [1.29, 1.82) is 0 Å². The van der Waals surface area contributed by atoms with Crippen molar-refractivity contribution in [1.82, 2.24) is 4.98 Å². The number of aryl methyl sites for hydroxylation is 1. The molecule has 1 heterocycles. The predicted octanol–water partition coefficient (Wildman–Crippen LogP) is 1.65. The lowest BCUT2D eigenvalue weighted by molar-refractivity contribution is 0.0550. The molecule has 0 saturated carbocycles. The van der Waals surface area contributed by atoms with Crippen LogP contribution in [0.4, 0.5) is 0 Å². The van der Waals surface area contributed by atoms with Gasteiger partial charge in [-0.05, 0) is 20.8 Å². The summed E-state index contributed by atoms with van der Waals surface area (Å²) in [5.74, 6) is 0.808. The van der Waals surface area contributed by atoms with Gasteiger partial charge in [0.1, 0.15) is 12.4 Å². The first-order chi connectivity index (χ1) is 7.63. The molecule has 0 radical (unpaired) electrons. The van der Waals surface area contributed by atoms with Gasteiger partial charge in [0, 0.05) is 30.1 Å². The monoisotopic (exact) mass is 224 g/mol. The van der Waals surface area contributed by atoms with Crippen molar-refractivity contribution in [3.05, 3.63) is 23.5 Å². The lowest BCUT2D eigenvalue weighted by atomic mass is 10.2. The lowest BCUT2D eigenvalue weighted by Gasteiger charge is -2.12. The predicted molar refractivity (Wildman–Crippen MR) is 63.4 cm³/mol. The van der Waals surface area contributed by atoms with E-state index >= 15 is 0 Å². The third kappa shape index (κ3) is 4.16. The average Bonchev–Trinajstić information content (AvgIpc) is 2.24. The van der Waals surface area contributed by atoms with E-state index in [1.54, 1.807) is 6.20 Å². The minimum Gasteiger partial charge on any atom is -0.491 e.